The van der Waals surface area contributed by atoms with E-state index in [1.807, 2.05) is 4.90 Å². The fourth-order valence-electron chi connectivity index (χ4n) is 3.22. The lowest BCUT2D eigenvalue weighted by Gasteiger charge is -2.47. The van der Waals surface area contributed by atoms with Crippen LogP contribution in [0, 0.1) is 0 Å². The number of amides is 1. The summed E-state index contributed by atoms with van der Waals surface area (Å²) in [5.41, 5.74) is -0.868. The predicted molar refractivity (Wildman–Crippen MR) is 85.4 cm³/mol. The molecule has 7 heteroatoms. The van der Waals surface area contributed by atoms with Crippen LogP contribution in [0.3, 0.4) is 0 Å². The number of halogens is 1. The second-order valence-electron chi connectivity index (χ2n) is 6.49. The highest BCUT2D eigenvalue weighted by atomic mass is 35.5. The van der Waals surface area contributed by atoms with Gasteiger partial charge in [0.05, 0.1) is 18.8 Å². The first kappa shape index (κ1) is 16.7. The van der Waals surface area contributed by atoms with Crippen molar-refractivity contribution in [1.82, 2.24) is 9.80 Å². The molecule has 0 aromatic heterocycles. The molecule has 0 unspecified atom stereocenters. The fourth-order valence-corrected chi connectivity index (χ4v) is 3.35. The van der Waals surface area contributed by atoms with E-state index < -0.39 is 11.7 Å². The van der Waals surface area contributed by atoms with Gasteiger partial charge in [0, 0.05) is 36.8 Å². The van der Waals surface area contributed by atoms with Gasteiger partial charge in [0.25, 0.3) is 5.91 Å². The van der Waals surface area contributed by atoms with Crippen molar-refractivity contribution in [3.63, 3.8) is 0 Å². The molecule has 2 fully saturated rings. The third kappa shape index (κ3) is 3.51. The molecule has 1 aromatic carbocycles. The third-order valence-corrected chi connectivity index (χ3v) is 4.82. The number of β-amino-alcohol motifs (C(OH)–C–C–N with tert-alkyl or cyclic N) is 2. The molecule has 2 heterocycles. The second-order valence-corrected chi connectivity index (χ2v) is 6.93. The maximum atomic E-state index is 12.6. The molecule has 2 atom stereocenters. The molecular weight excluding hydrogens is 320 g/mol. The van der Waals surface area contributed by atoms with E-state index >= 15 is 0 Å². The van der Waals surface area contributed by atoms with Crippen molar-refractivity contribution in [2.75, 3.05) is 32.7 Å². The Balaban J connectivity index is 1.69. The number of aliphatic hydroxyl groups excluding tert-OH is 2. The van der Waals surface area contributed by atoms with E-state index in [1.54, 1.807) is 29.2 Å². The highest BCUT2D eigenvalue weighted by Gasteiger charge is 2.45. The minimum atomic E-state index is -1.37. The highest BCUT2D eigenvalue weighted by Crippen LogP contribution is 2.26. The first-order valence-corrected chi connectivity index (χ1v) is 8.11. The van der Waals surface area contributed by atoms with E-state index in [-0.39, 0.29) is 25.1 Å². The molecule has 3 rings (SSSR count). The lowest BCUT2D eigenvalue weighted by molar-refractivity contribution is -0.143. The maximum absolute atomic E-state index is 12.6. The Labute approximate surface area is 139 Å². The zero-order chi connectivity index (χ0) is 16.6. The van der Waals surface area contributed by atoms with Crippen molar-refractivity contribution in [2.24, 2.45) is 0 Å². The molecule has 0 spiro atoms. The molecule has 0 radical (unpaired) electrons. The van der Waals surface area contributed by atoms with Crippen LogP contribution in [-0.2, 0) is 0 Å². The van der Waals surface area contributed by atoms with Crippen molar-refractivity contribution in [3.8, 4) is 0 Å². The topological polar surface area (TPSA) is 84.2 Å². The Bertz CT molecular complexity index is 576. The summed E-state index contributed by atoms with van der Waals surface area (Å²) in [5, 5.41) is 30.9. The molecule has 1 aromatic rings. The zero-order valence-electron chi connectivity index (χ0n) is 12.7. The lowest BCUT2D eigenvalue weighted by Crippen LogP contribution is -2.66. The molecule has 2 aliphatic rings. The number of nitrogens with zero attached hydrogens (tertiary/aromatic N) is 2. The molecule has 2 aliphatic heterocycles. The molecule has 0 aliphatic carbocycles. The molecule has 3 N–H and O–H groups in total. The van der Waals surface area contributed by atoms with Crippen LogP contribution < -0.4 is 0 Å². The summed E-state index contributed by atoms with van der Waals surface area (Å²) in [4.78, 5) is 16.0. The normalized spacial score (nSPS) is 29.4. The van der Waals surface area contributed by atoms with Crippen LogP contribution in [-0.4, -0.2) is 81.6 Å². The first-order valence-electron chi connectivity index (χ1n) is 7.73. The van der Waals surface area contributed by atoms with Gasteiger partial charge in [-0.3, -0.25) is 9.69 Å². The van der Waals surface area contributed by atoms with E-state index in [2.05, 4.69) is 0 Å². The zero-order valence-corrected chi connectivity index (χ0v) is 13.5. The van der Waals surface area contributed by atoms with Gasteiger partial charge in [-0.05, 0) is 30.7 Å². The number of benzene rings is 1. The molecule has 0 saturated carbocycles. The average molecular weight is 341 g/mol. The van der Waals surface area contributed by atoms with E-state index in [9.17, 15) is 20.1 Å². The van der Waals surface area contributed by atoms with Crippen LogP contribution in [0.5, 0.6) is 0 Å². The Morgan fingerprint density at radius 2 is 1.91 bits per heavy atom. The van der Waals surface area contributed by atoms with Crippen molar-refractivity contribution < 1.29 is 20.1 Å². The van der Waals surface area contributed by atoms with Crippen molar-refractivity contribution in [1.29, 1.82) is 0 Å². The smallest absolute Gasteiger partial charge is 0.253 e. The maximum Gasteiger partial charge on any atom is 0.253 e. The second kappa shape index (κ2) is 6.37. The lowest BCUT2D eigenvalue weighted by atomic mass is 9.87. The monoisotopic (exact) mass is 340 g/mol. The number of piperidine rings is 1. The van der Waals surface area contributed by atoms with Crippen molar-refractivity contribution >= 4 is 17.5 Å². The summed E-state index contributed by atoms with van der Waals surface area (Å²) < 4.78 is 0. The standard InChI is InChI=1S/C16H21ClN2O4/c17-12-3-1-11(2-4-12)15(22)19-6-5-14(21)16(23,10-19)9-18-7-13(20)8-18/h1-4,13-14,20-21,23H,5-10H2/t14-,16+/m0/s1. The van der Waals surface area contributed by atoms with Gasteiger partial charge in [-0.25, -0.2) is 0 Å². The number of hydrogen-bond donors (Lipinski definition) is 3. The van der Waals surface area contributed by atoms with Gasteiger partial charge in [0.15, 0.2) is 0 Å². The van der Waals surface area contributed by atoms with Crippen molar-refractivity contribution in [2.45, 2.75) is 24.2 Å². The molecule has 2 saturated heterocycles. The Kier molecular flexibility index (Phi) is 4.62. The van der Waals surface area contributed by atoms with Gasteiger partial charge in [-0.15, -0.1) is 0 Å². The molecule has 1 amide bonds. The molecule has 126 valence electrons. The highest BCUT2D eigenvalue weighted by molar-refractivity contribution is 6.30. The van der Waals surface area contributed by atoms with Gasteiger partial charge < -0.3 is 20.2 Å². The minimum absolute atomic E-state index is 0.0716. The summed E-state index contributed by atoms with van der Waals surface area (Å²) in [6.45, 7) is 1.69. The van der Waals surface area contributed by atoms with E-state index in [0.717, 1.165) is 0 Å². The number of rotatable bonds is 3. The summed E-state index contributed by atoms with van der Waals surface area (Å²) in [5.74, 6) is -0.185. The number of hydrogen-bond acceptors (Lipinski definition) is 5. The Morgan fingerprint density at radius 1 is 1.26 bits per heavy atom. The molecule has 6 nitrogen and oxygen atoms in total. The molecule has 0 bridgehead atoms. The quantitative estimate of drug-likeness (QED) is 0.719. The molecular formula is C16H21ClN2O4. The summed E-state index contributed by atoms with van der Waals surface area (Å²) in [6, 6.07) is 6.61. The Hall–Kier alpha value is -1.18. The predicted octanol–water partition coefficient (Wildman–Crippen LogP) is -0.0456. The van der Waals surface area contributed by atoms with Gasteiger partial charge >= 0.3 is 0 Å². The van der Waals surface area contributed by atoms with Crippen molar-refractivity contribution in [3.05, 3.63) is 34.9 Å². The van der Waals surface area contributed by atoms with Gasteiger partial charge in [0.2, 0.25) is 0 Å². The van der Waals surface area contributed by atoms with Gasteiger partial charge in [-0.1, -0.05) is 11.6 Å². The number of likely N-dealkylation sites (tertiary alicyclic amines) is 2. The number of carbonyl (C=O) groups is 1. The summed E-state index contributed by atoms with van der Waals surface area (Å²) >= 11 is 5.83. The fraction of sp³-hybridized carbons (Fsp3) is 0.562. The summed E-state index contributed by atoms with van der Waals surface area (Å²) in [7, 11) is 0. The average Bonchev–Trinajstić information content (AvgIpc) is 2.49. The Morgan fingerprint density at radius 3 is 2.52 bits per heavy atom. The van der Waals surface area contributed by atoms with Gasteiger partial charge in [0.1, 0.15) is 5.60 Å². The van der Waals surface area contributed by atoms with Crippen LogP contribution in [0.2, 0.25) is 5.02 Å². The van der Waals surface area contributed by atoms with E-state index in [1.165, 1.54) is 0 Å². The largest absolute Gasteiger partial charge is 0.390 e. The van der Waals surface area contributed by atoms with E-state index in [0.29, 0.717) is 36.6 Å². The SMILES string of the molecule is O=C(c1ccc(Cl)cc1)N1CC[C@H](O)[C@@](O)(CN2CC(O)C2)C1. The minimum Gasteiger partial charge on any atom is -0.390 e. The number of carbonyl (C=O) groups excluding carboxylic acids is 1. The molecule has 23 heavy (non-hydrogen) atoms. The van der Waals surface area contributed by atoms with Crippen LogP contribution in [0.25, 0.3) is 0 Å². The van der Waals surface area contributed by atoms with Gasteiger partial charge in [-0.2, -0.15) is 0 Å². The van der Waals surface area contributed by atoms with E-state index in [4.69, 9.17) is 11.6 Å². The van der Waals surface area contributed by atoms with Crippen LogP contribution >= 0.6 is 11.6 Å². The van der Waals surface area contributed by atoms with Crippen LogP contribution in [0.15, 0.2) is 24.3 Å². The number of aliphatic hydroxyl groups is 3. The first-order chi connectivity index (χ1) is 10.9. The van der Waals surface area contributed by atoms with Crippen LogP contribution in [0.1, 0.15) is 16.8 Å². The third-order valence-electron chi connectivity index (χ3n) is 4.57. The van der Waals surface area contributed by atoms with Crippen LogP contribution in [0.4, 0.5) is 0 Å². The summed E-state index contributed by atoms with van der Waals surface area (Å²) in [6.07, 6.45) is -0.924.